The second-order valence-electron chi connectivity index (χ2n) is 5.92. The molecule has 1 amide bonds. The van der Waals surface area contributed by atoms with Crippen LogP contribution in [0, 0.1) is 12.7 Å². The number of nitrogens with one attached hydrogen (secondary N) is 3. The van der Waals surface area contributed by atoms with Gasteiger partial charge in [-0.05, 0) is 42.3 Å². The minimum Gasteiger partial charge on any atom is -0.497 e. The van der Waals surface area contributed by atoms with Crippen LogP contribution in [0.25, 0.3) is 0 Å². The standard InChI is InChI=1S/C20H25FN4O2/c1-14-7-8-16(12-18(14)21)19(26)23-9-10-24-20(22-2)25-13-15-5-4-6-17(11-15)27-3/h4-8,11-12H,9-10,13H2,1-3H3,(H,23,26)(H2,22,24,25). The molecule has 0 aliphatic carbocycles. The molecule has 0 aromatic heterocycles. The Morgan fingerprint density at radius 1 is 1.11 bits per heavy atom. The van der Waals surface area contributed by atoms with Crippen LogP contribution >= 0.6 is 0 Å². The maximum atomic E-state index is 13.5. The maximum Gasteiger partial charge on any atom is 0.251 e. The summed E-state index contributed by atoms with van der Waals surface area (Å²) in [5.41, 5.74) is 1.88. The molecule has 2 rings (SSSR count). The zero-order valence-electron chi connectivity index (χ0n) is 15.8. The van der Waals surface area contributed by atoms with E-state index in [-0.39, 0.29) is 11.7 Å². The summed E-state index contributed by atoms with van der Waals surface area (Å²) in [5, 5.41) is 9.05. The molecule has 3 N–H and O–H groups in total. The minimum atomic E-state index is -0.386. The van der Waals surface area contributed by atoms with E-state index < -0.39 is 0 Å². The summed E-state index contributed by atoms with van der Waals surface area (Å²) in [6.45, 7) is 3.11. The van der Waals surface area contributed by atoms with Crippen LogP contribution in [0.15, 0.2) is 47.5 Å². The Hall–Kier alpha value is -3.09. The van der Waals surface area contributed by atoms with Crippen LogP contribution in [-0.2, 0) is 6.54 Å². The molecule has 0 aliphatic rings. The second-order valence-corrected chi connectivity index (χ2v) is 5.92. The van der Waals surface area contributed by atoms with Crippen molar-refractivity contribution in [2.45, 2.75) is 13.5 Å². The fourth-order valence-electron chi connectivity index (χ4n) is 2.38. The molecule has 2 aromatic rings. The largest absolute Gasteiger partial charge is 0.497 e. The van der Waals surface area contributed by atoms with Crippen molar-refractivity contribution in [2.75, 3.05) is 27.2 Å². The Morgan fingerprint density at radius 3 is 2.59 bits per heavy atom. The second kappa shape index (κ2) is 10.2. The number of aliphatic imine (C=N–C) groups is 1. The summed E-state index contributed by atoms with van der Waals surface area (Å²) >= 11 is 0. The Morgan fingerprint density at radius 2 is 1.89 bits per heavy atom. The van der Waals surface area contributed by atoms with Gasteiger partial charge in [0.25, 0.3) is 5.91 Å². The molecular formula is C20H25FN4O2. The van der Waals surface area contributed by atoms with Gasteiger partial charge in [-0.3, -0.25) is 9.79 Å². The minimum absolute atomic E-state index is 0.304. The van der Waals surface area contributed by atoms with Gasteiger partial charge in [0, 0.05) is 32.2 Å². The van der Waals surface area contributed by atoms with E-state index in [2.05, 4.69) is 20.9 Å². The quantitative estimate of drug-likeness (QED) is 0.396. The Balaban J connectivity index is 1.74. The number of ether oxygens (including phenoxy) is 1. The monoisotopic (exact) mass is 372 g/mol. The van der Waals surface area contributed by atoms with Crippen molar-refractivity contribution in [3.63, 3.8) is 0 Å². The molecule has 0 unspecified atom stereocenters. The molecule has 7 heteroatoms. The predicted octanol–water partition coefficient (Wildman–Crippen LogP) is 2.24. The Bertz CT molecular complexity index is 808. The van der Waals surface area contributed by atoms with Crippen molar-refractivity contribution in [3.05, 3.63) is 65.0 Å². The van der Waals surface area contributed by atoms with Gasteiger partial charge in [0.15, 0.2) is 5.96 Å². The van der Waals surface area contributed by atoms with Crippen molar-refractivity contribution in [2.24, 2.45) is 4.99 Å². The summed E-state index contributed by atoms with van der Waals surface area (Å²) in [6, 6.07) is 12.2. The number of carbonyl (C=O) groups excluding carboxylic acids is 1. The first-order chi connectivity index (χ1) is 13.0. The normalized spacial score (nSPS) is 11.0. The molecule has 0 radical (unpaired) electrons. The average Bonchev–Trinajstić information content (AvgIpc) is 2.69. The lowest BCUT2D eigenvalue weighted by atomic mass is 10.1. The van der Waals surface area contributed by atoms with Crippen LogP contribution in [0.4, 0.5) is 4.39 Å². The molecule has 0 fully saturated rings. The number of amides is 1. The van der Waals surface area contributed by atoms with Crippen molar-refractivity contribution in [1.82, 2.24) is 16.0 Å². The van der Waals surface area contributed by atoms with Gasteiger partial charge in [-0.2, -0.15) is 0 Å². The van der Waals surface area contributed by atoms with Gasteiger partial charge in [-0.1, -0.05) is 18.2 Å². The zero-order chi connectivity index (χ0) is 19.6. The molecule has 0 atom stereocenters. The van der Waals surface area contributed by atoms with Gasteiger partial charge >= 0.3 is 0 Å². The smallest absolute Gasteiger partial charge is 0.251 e. The van der Waals surface area contributed by atoms with E-state index >= 15 is 0 Å². The highest BCUT2D eigenvalue weighted by Crippen LogP contribution is 2.12. The van der Waals surface area contributed by atoms with Crippen molar-refractivity contribution < 1.29 is 13.9 Å². The Labute approximate surface area is 158 Å². The highest BCUT2D eigenvalue weighted by atomic mass is 19.1. The van der Waals surface area contributed by atoms with Crippen LogP contribution in [0.2, 0.25) is 0 Å². The number of nitrogens with zero attached hydrogens (tertiary/aromatic N) is 1. The zero-order valence-corrected chi connectivity index (χ0v) is 15.8. The topological polar surface area (TPSA) is 74.8 Å². The number of hydrogen-bond donors (Lipinski definition) is 3. The summed E-state index contributed by atoms with van der Waals surface area (Å²) in [5.74, 6) is 0.721. The summed E-state index contributed by atoms with van der Waals surface area (Å²) in [7, 11) is 3.31. The van der Waals surface area contributed by atoms with Crippen molar-refractivity contribution in [3.8, 4) is 5.75 Å². The molecule has 6 nitrogen and oxygen atoms in total. The number of guanidine groups is 1. The first-order valence-corrected chi connectivity index (χ1v) is 8.65. The number of benzene rings is 2. The number of methoxy groups -OCH3 is 1. The summed E-state index contributed by atoms with van der Waals surface area (Å²) in [4.78, 5) is 16.2. The van der Waals surface area contributed by atoms with Gasteiger partial charge in [-0.25, -0.2) is 4.39 Å². The molecule has 0 aliphatic heterocycles. The maximum absolute atomic E-state index is 13.5. The first kappa shape index (κ1) is 20.2. The number of rotatable bonds is 7. The van der Waals surface area contributed by atoms with Crippen LogP contribution in [0.3, 0.4) is 0 Å². The lowest BCUT2D eigenvalue weighted by molar-refractivity contribution is 0.0954. The summed E-state index contributed by atoms with van der Waals surface area (Å²) in [6.07, 6.45) is 0. The molecular weight excluding hydrogens is 347 g/mol. The molecule has 0 heterocycles. The molecule has 0 bridgehead atoms. The van der Waals surface area contributed by atoms with E-state index in [9.17, 15) is 9.18 Å². The van der Waals surface area contributed by atoms with E-state index in [4.69, 9.17) is 4.74 Å². The van der Waals surface area contributed by atoms with E-state index in [0.29, 0.717) is 36.7 Å². The fourth-order valence-corrected chi connectivity index (χ4v) is 2.38. The molecule has 0 saturated carbocycles. The van der Waals surface area contributed by atoms with Gasteiger partial charge in [0.05, 0.1) is 7.11 Å². The van der Waals surface area contributed by atoms with Crippen molar-refractivity contribution in [1.29, 1.82) is 0 Å². The molecule has 27 heavy (non-hydrogen) atoms. The lowest BCUT2D eigenvalue weighted by Crippen LogP contribution is -2.41. The highest BCUT2D eigenvalue weighted by molar-refractivity contribution is 5.94. The van der Waals surface area contributed by atoms with Gasteiger partial charge < -0.3 is 20.7 Å². The van der Waals surface area contributed by atoms with E-state index in [1.54, 1.807) is 33.2 Å². The average molecular weight is 372 g/mol. The first-order valence-electron chi connectivity index (χ1n) is 8.65. The fraction of sp³-hybridized carbons (Fsp3) is 0.300. The Kier molecular flexibility index (Phi) is 7.61. The van der Waals surface area contributed by atoms with Crippen LogP contribution in [0.1, 0.15) is 21.5 Å². The van der Waals surface area contributed by atoms with E-state index in [1.165, 1.54) is 6.07 Å². The van der Waals surface area contributed by atoms with Crippen LogP contribution in [0.5, 0.6) is 5.75 Å². The van der Waals surface area contributed by atoms with Gasteiger partial charge in [0.2, 0.25) is 0 Å². The molecule has 144 valence electrons. The van der Waals surface area contributed by atoms with Gasteiger partial charge in [-0.15, -0.1) is 0 Å². The van der Waals surface area contributed by atoms with Gasteiger partial charge in [0.1, 0.15) is 11.6 Å². The number of carbonyl (C=O) groups is 1. The number of halogens is 1. The molecule has 2 aromatic carbocycles. The third-order valence-corrected chi connectivity index (χ3v) is 3.95. The van der Waals surface area contributed by atoms with E-state index in [0.717, 1.165) is 11.3 Å². The van der Waals surface area contributed by atoms with Crippen molar-refractivity contribution >= 4 is 11.9 Å². The van der Waals surface area contributed by atoms with Crippen LogP contribution < -0.4 is 20.7 Å². The number of aryl methyl sites for hydroxylation is 1. The summed E-state index contributed by atoms with van der Waals surface area (Å²) < 4.78 is 18.7. The third-order valence-electron chi connectivity index (χ3n) is 3.95. The van der Waals surface area contributed by atoms with E-state index in [1.807, 2.05) is 24.3 Å². The number of hydrogen-bond acceptors (Lipinski definition) is 3. The van der Waals surface area contributed by atoms with Crippen LogP contribution in [-0.4, -0.2) is 39.1 Å². The predicted molar refractivity (Wildman–Crippen MR) is 105 cm³/mol. The molecule has 0 saturated heterocycles. The SMILES string of the molecule is CN=C(NCCNC(=O)c1ccc(C)c(F)c1)NCc1cccc(OC)c1. The molecule has 0 spiro atoms. The third kappa shape index (κ3) is 6.29. The lowest BCUT2D eigenvalue weighted by Gasteiger charge is -2.13. The highest BCUT2D eigenvalue weighted by Gasteiger charge is 2.07.